The number of nitrogens with zero attached hydrogens (tertiary/aromatic N) is 1. The minimum atomic E-state index is -3.61. The second-order valence-electron chi connectivity index (χ2n) is 7.78. The van der Waals surface area contributed by atoms with E-state index in [1.165, 1.54) is 12.1 Å². The molecule has 1 atom stereocenters. The van der Waals surface area contributed by atoms with Gasteiger partial charge >= 0.3 is 0 Å². The number of rotatable bonds is 8. The molecule has 0 spiro atoms. The van der Waals surface area contributed by atoms with Crippen LogP contribution in [0.1, 0.15) is 12.0 Å². The van der Waals surface area contributed by atoms with Crippen LogP contribution >= 0.6 is 11.6 Å². The first-order valence-corrected chi connectivity index (χ1v) is 12.4. The van der Waals surface area contributed by atoms with Gasteiger partial charge in [0.15, 0.2) is 6.10 Å². The molecule has 1 amide bonds. The lowest BCUT2D eigenvalue weighted by molar-refractivity contribution is -0.122. The number of morpholine rings is 1. The summed E-state index contributed by atoms with van der Waals surface area (Å²) in [7, 11) is -3.61. The van der Waals surface area contributed by atoms with E-state index in [1.807, 2.05) is 0 Å². The summed E-state index contributed by atoms with van der Waals surface area (Å²) in [5.74, 6) is 0.352. The van der Waals surface area contributed by atoms with Gasteiger partial charge in [-0.15, -0.1) is 0 Å². The summed E-state index contributed by atoms with van der Waals surface area (Å²) in [5, 5.41) is 3.37. The largest absolute Gasteiger partial charge is 0.480 e. The number of ether oxygens (including phenoxy) is 2. The normalized spacial score (nSPS) is 18.7. The first kappa shape index (κ1) is 23.0. The van der Waals surface area contributed by atoms with E-state index < -0.39 is 16.1 Å². The van der Waals surface area contributed by atoms with Crippen molar-refractivity contribution in [3.8, 4) is 5.75 Å². The maximum absolute atomic E-state index is 12.5. The van der Waals surface area contributed by atoms with Crippen LogP contribution < -0.4 is 14.8 Å². The molecule has 0 unspecified atom stereocenters. The van der Waals surface area contributed by atoms with Gasteiger partial charge < -0.3 is 14.8 Å². The molecule has 0 bridgehead atoms. The zero-order valence-electron chi connectivity index (χ0n) is 17.6. The first-order valence-electron chi connectivity index (χ1n) is 10.6. The van der Waals surface area contributed by atoms with Gasteiger partial charge in [-0.25, -0.2) is 13.1 Å². The highest BCUT2D eigenvalue weighted by Gasteiger charge is 2.29. The van der Waals surface area contributed by atoms with Crippen molar-refractivity contribution in [2.24, 2.45) is 0 Å². The van der Waals surface area contributed by atoms with Crippen molar-refractivity contribution >= 4 is 33.2 Å². The van der Waals surface area contributed by atoms with Crippen molar-refractivity contribution in [1.29, 1.82) is 0 Å². The van der Waals surface area contributed by atoms with E-state index in [9.17, 15) is 13.2 Å². The van der Waals surface area contributed by atoms with Crippen molar-refractivity contribution in [2.75, 3.05) is 44.7 Å². The first-order chi connectivity index (χ1) is 15.4. The quantitative estimate of drug-likeness (QED) is 0.564. The molecule has 32 heavy (non-hydrogen) atoms. The molecule has 0 saturated carbocycles. The van der Waals surface area contributed by atoms with Crippen LogP contribution in [-0.2, 0) is 26.0 Å². The van der Waals surface area contributed by atoms with Crippen molar-refractivity contribution in [1.82, 2.24) is 9.62 Å². The Bertz CT molecular complexity index is 1060. The fourth-order valence-corrected chi connectivity index (χ4v) is 4.99. The van der Waals surface area contributed by atoms with E-state index in [2.05, 4.69) is 14.9 Å². The van der Waals surface area contributed by atoms with Crippen molar-refractivity contribution in [3.63, 3.8) is 0 Å². The van der Waals surface area contributed by atoms with E-state index in [0.29, 0.717) is 29.4 Å². The number of nitrogens with one attached hydrogen (secondary N) is 2. The molecule has 2 aliphatic heterocycles. The summed E-state index contributed by atoms with van der Waals surface area (Å²) in [5.41, 5.74) is 1.39. The zero-order valence-corrected chi connectivity index (χ0v) is 19.1. The van der Waals surface area contributed by atoms with E-state index in [0.717, 1.165) is 44.8 Å². The van der Waals surface area contributed by atoms with Crippen LogP contribution in [0.15, 0.2) is 47.4 Å². The standard InChI is InChI=1S/C22H26ClN3O5S/c23-17-2-7-20-16(14-17)15-21(31-20)22(27)25-18-3-5-19(6-4-18)32(28,29)24-8-1-9-26-10-12-30-13-11-26/h2-7,14,21,24H,1,8-13,15H2,(H,25,27)/t21-/m0/s1. The molecule has 2 N–H and O–H groups in total. The van der Waals surface area contributed by atoms with Crippen LogP contribution in [0.5, 0.6) is 5.75 Å². The smallest absolute Gasteiger partial charge is 0.265 e. The van der Waals surface area contributed by atoms with Crippen molar-refractivity contribution in [2.45, 2.75) is 23.8 Å². The number of carbonyl (C=O) groups is 1. The Morgan fingerprint density at radius 3 is 2.62 bits per heavy atom. The lowest BCUT2D eigenvalue weighted by Crippen LogP contribution is -2.38. The third-order valence-corrected chi connectivity index (χ3v) is 7.18. The molecule has 8 nitrogen and oxygen atoms in total. The maximum Gasteiger partial charge on any atom is 0.265 e. The lowest BCUT2D eigenvalue weighted by Gasteiger charge is -2.26. The van der Waals surface area contributed by atoms with Crippen LogP contribution in [0.25, 0.3) is 0 Å². The van der Waals surface area contributed by atoms with E-state index in [1.54, 1.807) is 30.3 Å². The predicted octanol–water partition coefficient (Wildman–Crippen LogP) is 2.28. The Hall–Kier alpha value is -2.17. The number of hydrogen-bond donors (Lipinski definition) is 2. The highest BCUT2D eigenvalue weighted by atomic mass is 35.5. The van der Waals surface area contributed by atoms with Gasteiger partial charge in [-0.1, -0.05) is 11.6 Å². The molecule has 1 saturated heterocycles. The van der Waals surface area contributed by atoms with Crippen LogP contribution in [-0.4, -0.2) is 64.7 Å². The highest BCUT2D eigenvalue weighted by molar-refractivity contribution is 7.89. The third kappa shape index (κ3) is 5.79. The van der Waals surface area contributed by atoms with E-state index in [4.69, 9.17) is 21.1 Å². The molecular weight excluding hydrogens is 454 g/mol. The number of carbonyl (C=O) groups excluding carboxylic acids is 1. The van der Waals surface area contributed by atoms with Gasteiger partial charge in [0.2, 0.25) is 10.0 Å². The fourth-order valence-electron chi connectivity index (χ4n) is 3.72. The summed E-state index contributed by atoms with van der Waals surface area (Å²) < 4.78 is 38.7. The van der Waals surface area contributed by atoms with Gasteiger partial charge in [0, 0.05) is 36.8 Å². The number of hydrogen-bond acceptors (Lipinski definition) is 6. The summed E-state index contributed by atoms with van der Waals surface area (Å²) in [6.07, 6.45) is 0.505. The number of halogens is 1. The summed E-state index contributed by atoms with van der Waals surface area (Å²) in [4.78, 5) is 15.0. The highest BCUT2D eigenvalue weighted by Crippen LogP contribution is 2.31. The van der Waals surface area contributed by atoms with Gasteiger partial charge in [0.1, 0.15) is 5.75 Å². The fraction of sp³-hybridized carbons (Fsp3) is 0.409. The molecule has 172 valence electrons. The summed E-state index contributed by atoms with van der Waals surface area (Å²) >= 11 is 5.99. The van der Waals surface area contributed by atoms with Crippen LogP contribution in [0, 0.1) is 0 Å². The minimum Gasteiger partial charge on any atom is -0.480 e. The number of sulfonamides is 1. The molecule has 4 rings (SSSR count). The molecule has 2 aromatic carbocycles. The molecule has 2 aromatic rings. The van der Waals surface area contributed by atoms with Crippen LogP contribution in [0.4, 0.5) is 5.69 Å². The van der Waals surface area contributed by atoms with Crippen molar-refractivity contribution < 1.29 is 22.7 Å². The Morgan fingerprint density at radius 1 is 1.12 bits per heavy atom. The lowest BCUT2D eigenvalue weighted by atomic mass is 10.1. The summed E-state index contributed by atoms with van der Waals surface area (Å²) in [6, 6.07) is 11.3. The molecule has 2 heterocycles. The second-order valence-corrected chi connectivity index (χ2v) is 9.99. The average Bonchev–Trinajstić information content (AvgIpc) is 3.21. The Kier molecular flexibility index (Phi) is 7.32. The number of benzene rings is 2. The molecule has 0 aromatic heterocycles. The van der Waals surface area contributed by atoms with Gasteiger partial charge in [-0.2, -0.15) is 0 Å². The zero-order chi connectivity index (χ0) is 22.6. The molecule has 10 heteroatoms. The summed E-state index contributed by atoms with van der Waals surface area (Å²) in [6.45, 7) is 4.40. The van der Waals surface area contributed by atoms with Crippen LogP contribution in [0.2, 0.25) is 5.02 Å². The van der Waals surface area contributed by atoms with Gasteiger partial charge in [0.05, 0.1) is 18.1 Å². The monoisotopic (exact) mass is 479 g/mol. The number of amides is 1. The SMILES string of the molecule is O=C(Nc1ccc(S(=O)(=O)NCCCN2CCOCC2)cc1)[C@@H]1Cc2cc(Cl)ccc2O1. The Balaban J connectivity index is 1.26. The van der Waals surface area contributed by atoms with E-state index in [-0.39, 0.29) is 10.8 Å². The van der Waals surface area contributed by atoms with Crippen molar-refractivity contribution in [3.05, 3.63) is 53.1 Å². The third-order valence-electron chi connectivity index (χ3n) is 5.47. The van der Waals surface area contributed by atoms with Gasteiger partial charge in [-0.05, 0) is 61.0 Å². The van der Waals surface area contributed by atoms with Gasteiger partial charge in [-0.3, -0.25) is 9.69 Å². The predicted molar refractivity (Wildman–Crippen MR) is 122 cm³/mol. The molecule has 1 fully saturated rings. The van der Waals surface area contributed by atoms with Crippen LogP contribution in [0.3, 0.4) is 0 Å². The van der Waals surface area contributed by atoms with Gasteiger partial charge in [0.25, 0.3) is 5.91 Å². The molecule has 2 aliphatic rings. The maximum atomic E-state index is 12.5. The number of fused-ring (bicyclic) bond motifs is 1. The Labute approximate surface area is 192 Å². The molecule has 0 aliphatic carbocycles. The average molecular weight is 480 g/mol. The topological polar surface area (TPSA) is 97.0 Å². The molecular formula is C22H26ClN3O5S. The number of anilines is 1. The Morgan fingerprint density at radius 2 is 1.88 bits per heavy atom. The molecule has 0 radical (unpaired) electrons. The second kappa shape index (κ2) is 10.2. The van der Waals surface area contributed by atoms with E-state index >= 15 is 0 Å². The minimum absolute atomic E-state index is 0.154.